The molecule has 1 saturated heterocycles. The zero-order valence-electron chi connectivity index (χ0n) is 11.3. The van der Waals surface area contributed by atoms with Crippen molar-refractivity contribution in [2.24, 2.45) is 0 Å². The number of benzene rings is 1. The van der Waals surface area contributed by atoms with Crippen molar-refractivity contribution in [1.82, 2.24) is 9.88 Å². The first-order valence-electron chi connectivity index (χ1n) is 6.85. The van der Waals surface area contributed by atoms with Gasteiger partial charge in [-0.25, -0.2) is 4.98 Å². The van der Waals surface area contributed by atoms with E-state index in [1.807, 2.05) is 41.3 Å². The van der Waals surface area contributed by atoms with Gasteiger partial charge < -0.3 is 4.90 Å². The van der Waals surface area contributed by atoms with Gasteiger partial charge in [0.15, 0.2) is 0 Å². The molecule has 0 N–H and O–H groups in total. The molecule has 0 radical (unpaired) electrons. The largest absolute Gasteiger partial charge is 0.330 e. The Kier molecular flexibility index (Phi) is 4.27. The van der Waals surface area contributed by atoms with Crippen LogP contribution in [0.4, 0.5) is 0 Å². The zero-order chi connectivity index (χ0) is 14.8. The second-order valence-electron chi connectivity index (χ2n) is 5.02. The maximum absolute atomic E-state index is 12.7. The highest BCUT2D eigenvalue weighted by Gasteiger charge is 2.32. The van der Waals surface area contributed by atoms with Crippen LogP contribution in [0.5, 0.6) is 0 Å². The molecule has 0 saturated carbocycles. The minimum Gasteiger partial charge on any atom is -0.330 e. The van der Waals surface area contributed by atoms with Gasteiger partial charge in [-0.3, -0.25) is 4.79 Å². The molecule has 1 aromatic heterocycles. The lowest BCUT2D eigenvalue weighted by Crippen LogP contribution is -2.31. The Morgan fingerprint density at radius 1 is 1.24 bits per heavy atom. The molecule has 0 spiro atoms. The lowest BCUT2D eigenvalue weighted by molar-refractivity contribution is 0.0729. The normalized spacial score (nSPS) is 18.0. The lowest BCUT2D eigenvalue weighted by atomic mass is 10.0. The van der Waals surface area contributed by atoms with Gasteiger partial charge in [0.05, 0.1) is 6.04 Å². The van der Waals surface area contributed by atoms with Crippen molar-refractivity contribution in [3.8, 4) is 0 Å². The van der Waals surface area contributed by atoms with Crippen LogP contribution in [-0.2, 0) is 0 Å². The highest BCUT2D eigenvalue weighted by Crippen LogP contribution is 2.36. The number of hydrogen-bond donors (Lipinski definition) is 0. The summed E-state index contributed by atoms with van der Waals surface area (Å²) in [6, 6.07) is 13.1. The number of nitrogens with zero attached hydrogens (tertiary/aromatic N) is 2. The molecule has 108 valence electrons. The Hall–Kier alpha value is -1.39. The summed E-state index contributed by atoms with van der Waals surface area (Å²) in [7, 11) is 0. The van der Waals surface area contributed by atoms with Crippen molar-refractivity contribution in [1.29, 1.82) is 0 Å². The summed E-state index contributed by atoms with van der Waals surface area (Å²) < 4.78 is 0.668. The van der Waals surface area contributed by atoms with E-state index < -0.39 is 0 Å². The number of aromatic nitrogens is 1. The average molecular weight is 366 g/mol. The standard InChI is InChI=1S/C16H14BrClN2O/c17-15-9-3-7-13(19-15)16(21)20-10-4-8-14(20)11-5-1-2-6-12(11)18/h1-3,5-7,9,14H,4,8,10H2. The summed E-state index contributed by atoms with van der Waals surface area (Å²) in [5.41, 5.74) is 1.48. The first kappa shape index (κ1) is 14.5. The Morgan fingerprint density at radius 2 is 2.05 bits per heavy atom. The van der Waals surface area contributed by atoms with E-state index in [1.54, 1.807) is 6.07 Å². The van der Waals surface area contributed by atoms with E-state index in [2.05, 4.69) is 20.9 Å². The highest BCUT2D eigenvalue weighted by molar-refractivity contribution is 9.10. The summed E-state index contributed by atoms with van der Waals surface area (Å²) in [6.45, 7) is 0.739. The predicted molar refractivity (Wildman–Crippen MR) is 86.4 cm³/mol. The van der Waals surface area contributed by atoms with E-state index in [-0.39, 0.29) is 11.9 Å². The number of rotatable bonds is 2. The van der Waals surface area contributed by atoms with Crippen LogP contribution in [-0.4, -0.2) is 22.3 Å². The molecular formula is C16H14BrClN2O. The Bertz CT molecular complexity index is 677. The molecule has 5 heteroatoms. The predicted octanol–water partition coefficient (Wildman–Crippen LogP) is 4.47. The Balaban J connectivity index is 1.91. The number of likely N-dealkylation sites (tertiary alicyclic amines) is 1. The van der Waals surface area contributed by atoms with Gasteiger partial charge in [0.2, 0.25) is 0 Å². The highest BCUT2D eigenvalue weighted by atomic mass is 79.9. The number of carbonyl (C=O) groups is 1. The van der Waals surface area contributed by atoms with E-state index in [4.69, 9.17) is 11.6 Å². The average Bonchev–Trinajstić information content (AvgIpc) is 2.96. The van der Waals surface area contributed by atoms with Gasteiger partial charge >= 0.3 is 0 Å². The Labute approximate surface area is 137 Å². The van der Waals surface area contributed by atoms with Gasteiger partial charge in [-0.1, -0.05) is 35.9 Å². The number of hydrogen-bond acceptors (Lipinski definition) is 2. The van der Waals surface area contributed by atoms with Gasteiger partial charge in [0.1, 0.15) is 10.3 Å². The molecule has 1 atom stereocenters. The third-order valence-corrected chi connectivity index (χ3v) is 4.50. The SMILES string of the molecule is O=C(c1cccc(Br)n1)N1CCCC1c1ccccc1Cl. The van der Waals surface area contributed by atoms with Crippen LogP contribution in [0.1, 0.15) is 34.9 Å². The van der Waals surface area contributed by atoms with Crippen LogP contribution in [0.2, 0.25) is 5.02 Å². The minimum absolute atomic E-state index is 0.0342. The van der Waals surface area contributed by atoms with Crippen molar-refractivity contribution in [3.63, 3.8) is 0 Å². The minimum atomic E-state index is -0.0429. The van der Waals surface area contributed by atoms with Crippen LogP contribution in [0.25, 0.3) is 0 Å². The Morgan fingerprint density at radius 3 is 2.81 bits per heavy atom. The molecule has 21 heavy (non-hydrogen) atoms. The molecule has 1 unspecified atom stereocenters. The molecule has 1 amide bonds. The van der Waals surface area contributed by atoms with Crippen molar-refractivity contribution >= 4 is 33.4 Å². The quantitative estimate of drug-likeness (QED) is 0.735. The van der Waals surface area contributed by atoms with Crippen LogP contribution < -0.4 is 0 Å². The molecule has 3 rings (SSSR count). The van der Waals surface area contributed by atoms with Gasteiger partial charge in [0, 0.05) is 11.6 Å². The molecule has 1 aliphatic rings. The van der Waals surface area contributed by atoms with Crippen LogP contribution >= 0.6 is 27.5 Å². The van der Waals surface area contributed by atoms with Gasteiger partial charge in [0.25, 0.3) is 5.91 Å². The second kappa shape index (κ2) is 6.16. The van der Waals surface area contributed by atoms with E-state index in [9.17, 15) is 4.79 Å². The number of carbonyl (C=O) groups excluding carboxylic acids is 1. The van der Waals surface area contributed by atoms with E-state index in [0.29, 0.717) is 15.3 Å². The molecule has 0 aliphatic carbocycles. The molecule has 2 aromatic rings. The fourth-order valence-electron chi connectivity index (χ4n) is 2.75. The number of halogens is 2. The van der Waals surface area contributed by atoms with Crippen LogP contribution in [0, 0.1) is 0 Å². The van der Waals surface area contributed by atoms with E-state index in [1.165, 1.54) is 0 Å². The van der Waals surface area contributed by atoms with Gasteiger partial charge in [-0.2, -0.15) is 0 Å². The smallest absolute Gasteiger partial charge is 0.273 e. The van der Waals surface area contributed by atoms with E-state index >= 15 is 0 Å². The first-order chi connectivity index (χ1) is 10.2. The summed E-state index contributed by atoms with van der Waals surface area (Å²) >= 11 is 9.59. The number of amides is 1. The molecule has 0 bridgehead atoms. The molecule has 1 aliphatic heterocycles. The summed E-state index contributed by atoms with van der Waals surface area (Å²) in [5, 5.41) is 0.712. The molecule has 1 aromatic carbocycles. The maximum atomic E-state index is 12.7. The summed E-state index contributed by atoms with van der Waals surface area (Å²) in [4.78, 5) is 18.8. The fourth-order valence-corrected chi connectivity index (χ4v) is 3.36. The van der Waals surface area contributed by atoms with Gasteiger partial charge in [-0.05, 0) is 52.5 Å². The monoisotopic (exact) mass is 364 g/mol. The van der Waals surface area contributed by atoms with Crippen molar-refractivity contribution in [3.05, 3.63) is 63.3 Å². The van der Waals surface area contributed by atoms with Crippen molar-refractivity contribution in [2.45, 2.75) is 18.9 Å². The van der Waals surface area contributed by atoms with Crippen molar-refractivity contribution < 1.29 is 4.79 Å². The number of pyridine rings is 1. The molecule has 3 nitrogen and oxygen atoms in total. The molecule has 2 heterocycles. The van der Waals surface area contributed by atoms with E-state index in [0.717, 1.165) is 24.9 Å². The van der Waals surface area contributed by atoms with Crippen LogP contribution in [0.15, 0.2) is 47.1 Å². The summed E-state index contributed by atoms with van der Waals surface area (Å²) in [5.74, 6) is -0.0429. The first-order valence-corrected chi connectivity index (χ1v) is 8.02. The lowest BCUT2D eigenvalue weighted by Gasteiger charge is -2.25. The fraction of sp³-hybridized carbons (Fsp3) is 0.250. The topological polar surface area (TPSA) is 33.2 Å². The van der Waals surface area contributed by atoms with Crippen LogP contribution in [0.3, 0.4) is 0 Å². The zero-order valence-corrected chi connectivity index (χ0v) is 13.6. The maximum Gasteiger partial charge on any atom is 0.273 e. The van der Waals surface area contributed by atoms with Crippen molar-refractivity contribution in [2.75, 3.05) is 6.54 Å². The third-order valence-electron chi connectivity index (χ3n) is 3.71. The third kappa shape index (κ3) is 2.97. The molecular weight excluding hydrogens is 352 g/mol. The second-order valence-corrected chi connectivity index (χ2v) is 6.24. The molecule has 1 fully saturated rings. The summed E-state index contributed by atoms with van der Waals surface area (Å²) in [6.07, 6.45) is 1.92. The van der Waals surface area contributed by atoms with Gasteiger partial charge in [-0.15, -0.1) is 0 Å².